The molecule has 1 atom stereocenters. The highest BCUT2D eigenvalue weighted by Gasteiger charge is 2.24. The molecule has 3 N–H and O–H groups in total. The van der Waals surface area contributed by atoms with Gasteiger partial charge >= 0.3 is 0 Å². The largest absolute Gasteiger partial charge is 0.392 e. The first-order chi connectivity index (χ1) is 8.95. The molecule has 6 nitrogen and oxygen atoms in total. The molecule has 0 heterocycles. The zero-order valence-electron chi connectivity index (χ0n) is 10.6. The molecule has 0 aliphatic carbocycles. The second kappa shape index (κ2) is 5.72. The molecule has 1 unspecified atom stereocenters. The van der Waals surface area contributed by atoms with Gasteiger partial charge in [-0.15, -0.1) is 0 Å². The fourth-order valence-electron chi connectivity index (χ4n) is 1.27. The molecule has 10 heteroatoms. The lowest BCUT2D eigenvalue weighted by Crippen LogP contribution is -2.41. The van der Waals surface area contributed by atoms with E-state index in [0.29, 0.717) is 0 Å². The van der Waals surface area contributed by atoms with Gasteiger partial charge in [0.05, 0.1) is 15.9 Å². The van der Waals surface area contributed by atoms with Gasteiger partial charge in [0.15, 0.2) is 9.84 Å². The van der Waals surface area contributed by atoms with Crippen molar-refractivity contribution in [3.63, 3.8) is 0 Å². The average Bonchev–Trinajstić information content (AvgIpc) is 2.26. The Labute approximate surface area is 122 Å². The first-order valence-electron chi connectivity index (χ1n) is 5.26. The van der Waals surface area contributed by atoms with Crippen molar-refractivity contribution in [3.8, 4) is 0 Å². The Morgan fingerprint density at radius 2 is 1.90 bits per heavy atom. The monoisotopic (exact) mass is 340 g/mol. The van der Waals surface area contributed by atoms with E-state index in [0.717, 1.165) is 24.5 Å². The van der Waals surface area contributed by atoms with E-state index >= 15 is 0 Å². The standard InChI is InChI=1S/C10H13FN2O4S3/c1-6(10(12)18)13-20(16,17)9-5-7(19(2,14)15)3-4-8(9)11/h3-6,13H,1-2H3,(H2,12,18). The van der Waals surface area contributed by atoms with Crippen molar-refractivity contribution in [3.05, 3.63) is 24.0 Å². The molecule has 1 aromatic carbocycles. The van der Waals surface area contributed by atoms with Gasteiger partial charge in [0.1, 0.15) is 10.7 Å². The number of hydrogen-bond acceptors (Lipinski definition) is 5. The molecule has 0 aliphatic heterocycles. The highest BCUT2D eigenvalue weighted by atomic mass is 32.2. The van der Waals surface area contributed by atoms with E-state index in [1.54, 1.807) is 0 Å². The molecule has 0 bridgehead atoms. The van der Waals surface area contributed by atoms with Gasteiger partial charge in [0.2, 0.25) is 10.0 Å². The maximum absolute atomic E-state index is 13.6. The minimum Gasteiger partial charge on any atom is -0.392 e. The third-order valence-corrected chi connectivity index (χ3v) is 5.40. The van der Waals surface area contributed by atoms with Gasteiger partial charge in [-0.05, 0) is 25.1 Å². The topological polar surface area (TPSA) is 106 Å². The fourth-order valence-corrected chi connectivity index (χ4v) is 3.46. The summed E-state index contributed by atoms with van der Waals surface area (Å²) in [5.74, 6) is -1.07. The summed E-state index contributed by atoms with van der Waals surface area (Å²) < 4.78 is 62.4. The molecule has 0 fully saturated rings. The maximum atomic E-state index is 13.6. The molecule has 1 rings (SSSR count). The highest BCUT2D eigenvalue weighted by Crippen LogP contribution is 2.19. The first-order valence-corrected chi connectivity index (χ1v) is 9.04. The summed E-state index contributed by atoms with van der Waals surface area (Å²) in [6.45, 7) is 1.39. The SMILES string of the molecule is CC(NS(=O)(=O)c1cc(S(C)(=O)=O)ccc1F)C(N)=S. The van der Waals surface area contributed by atoms with Crippen LogP contribution in [0.1, 0.15) is 6.92 Å². The molecule has 0 aromatic heterocycles. The summed E-state index contributed by atoms with van der Waals surface area (Å²) in [5.41, 5.74) is 5.27. The number of nitrogens with one attached hydrogen (secondary N) is 1. The van der Waals surface area contributed by atoms with Crippen LogP contribution in [0.4, 0.5) is 4.39 Å². The van der Waals surface area contributed by atoms with E-state index in [2.05, 4.69) is 16.9 Å². The molecule has 0 spiro atoms. The number of hydrogen-bond donors (Lipinski definition) is 2. The van der Waals surface area contributed by atoms with Crippen LogP contribution in [-0.2, 0) is 19.9 Å². The molecule has 0 saturated carbocycles. The Morgan fingerprint density at radius 1 is 1.35 bits per heavy atom. The van der Waals surface area contributed by atoms with Crippen LogP contribution in [0.3, 0.4) is 0 Å². The Bertz CT molecular complexity index is 744. The normalized spacial score (nSPS) is 13.9. The Hall–Kier alpha value is -1.10. The van der Waals surface area contributed by atoms with Crippen molar-refractivity contribution in [2.24, 2.45) is 5.73 Å². The van der Waals surface area contributed by atoms with Crippen LogP contribution in [0.15, 0.2) is 28.0 Å². The first kappa shape index (κ1) is 17.0. The quantitative estimate of drug-likeness (QED) is 0.585. The number of thiocarbonyl (C=S) groups is 1. The van der Waals surface area contributed by atoms with Crippen LogP contribution < -0.4 is 10.5 Å². The lowest BCUT2D eigenvalue weighted by atomic mass is 10.3. The lowest BCUT2D eigenvalue weighted by Gasteiger charge is -2.13. The number of sulfone groups is 1. The van der Waals surface area contributed by atoms with Gasteiger partial charge in [-0.1, -0.05) is 12.2 Å². The number of sulfonamides is 1. The summed E-state index contributed by atoms with van der Waals surface area (Å²) in [6.07, 6.45) is 0.891. The maximum Gasteiger partial charge on any atom is 0.244 e. The molecule has 112 valence electrons. The average molecular weight is 340 g/mol. The lowest BCUT2D eigenvalue weighted by molar-refractivity contribution is 0.553. The predicted molar refractivity (Wildman–Crippen MR) is 76.1 cm³/mol. The molecule has 20 heavy (non-hydrogen) atoms. The van der Waals surface area contributed by atoms with Crippen LogP contribution in [0, 0.1) is 5.82 Å². The van der Waals surface area contributed by atoms with Crippen LogP contribution >= 0.6 is 12.2 Å². The summed E-state index contributed by atoms with van der Waals surface area (Å²) in [6, 6.07) is 1.62. The summed E-state index contributed by atoms with van der Waals surface area (Å²) in [4.78, 5) is -1.20. The number of halogens is 1. The molecule has 0 saturated heterocycles. The molecular weight excluding hydrogens is 327 g/mol. The zero-order valence-corrected chi connectivity index (χ0v) is 13.1. The van der Waals surface area contributed by atoms with Crippen LogP contribution in [-0.4, -0.2) is 34.1 Å². The Balaban J connectivity index is 3.35. The van der Waals surface area contributed by atoms with Gasteiger partial charge in [-0.25, -0.2) is 25.9 Å². The van der Waals surface area contributed by atoms with E-state index in [1.165, 1.54) is 6.92 Å². The van der Waals surface area contributed by atoms with Crippen LogP contribution in [0.5, 0.6) is 0 Å². The summed E-state index contributed by atoms with van der Waals surface area (Å²) >= 11 is 4.62. The summed E-state index contributed by atoms with van der Waals surface area (Å²) in [7, 11) is -7.93. The van der Waals surface area contributed by atoms with Gasteiger partial charge in [-0.3, -0.25) is 0 Å². The van der Waals surface area contributed by atoms with Crippen LogP contribution in [0.25, 0.3) is 0 Å². The van der Waals surface area contributed by atoms with E-state index in [4.69, 9.17) is 5.73 Å². The fraction of sp³-hybridized carbons (Fsp3) is 0.300. The third kappa shape index (κ3) is 3.95. The minimum absolute atomic E-state index is 0.117. The highest BCUT2D eigenvalue weighted by molar-refractivity contribution is 7.91. The second-order valence-corrected chi connectivity index (χ2v) is 8.28. The molecule has 0 amide bonds. The van der Waals surface area contributed by atoms with E-state index in [1.807, 2.05) is 0 Å². The molecule has 0 aliphatic rings. The van der Waals surface area contributed by atoms with Crippen LogP contribution in [0.2, 0.25) is 0 Å². The van der Waals surface area contributed by atoms with E-state index in [-0.39, 0.29) is 9.88 Å². The Morgan fingerprint density at radius 3 is 2.35 bits per heavy atom. The van der Waals surface area contributed by atoms with Gasteiger partial charge in [0.25, 0.3) is 0 Å². The predicted octanol–water partition coefficient (Wildman–Crippen LogP) is 0.182. The minimum atomic E-state index is -4.27. The number of benzene rings is 1. The molecular formula is C10H13FN2O4S3. The van der Waals surface area contributed by atoms with Crippen molar-refractivity contribution >= 4 is 37.1 Å². The van der Waals surface area contributed by atoms with Crippen molar-refractivity contribution in [1.82, 2.24) is 4.72 Å². The van der Waals surface area contributed by atoms with Crippen molar-refractivity contribution in [2.45, 2.75) is 22.8 Å². The summed E-state index contributed by atoms with van der Waals surface area (Å²) in [5, 5.41) is 0. The number of rotatable bonds is 5. The van der Waals surface area contributed by atoms with Crippen molar-refractivity contribution in [2.75, 3.05) is 6.26 Å². The Kier molecular flexibility index (Phi) is 4.85. The smallest absolute Gasteiger partial charge is 0.244 e. The third-order valence-electron chi connectivity index (χ3n) is 2.38. The second-order valence-electron chi connectivity index (χ2n) is 4.11. The molecule has 0 radical (unpaired) electrons. The van der Waals surface area contributed by atoms with Crippen molar-refractivity contribution in [1.29, 1.82) is 0 Å². The van der Waals surface area contributed by atoms with E-state index in [9.17, 15) is 21.2 Å². The molecule has 1 aromatic rings. The zero-order chi connectivity index (χ0) is 15.7. The van der Waals surface area contributed by atoms with Gasteiger partial charge in [0, 0.05) is 6.26 Å². The van der Waals surface area contributed by atoms with E-state index < -0.39 is 36.6 Å². The van der Waals surface area contributed by atoms with Gasteiger partial charge < -0.3 is 5.73 Å². The van der Waals surface area contributed by atoms with Crippen molar-refractivity contribution < 1.29 is 21.2 Å². The number of nitrogens with two attached hydrogens (primary N) is 1. The van der Waals surface area contributed by atoms with Gasteiger partial charge in [-0.2, -0.15) is 0 Å².